The van der Waals surface area contributed by atoms with Crippen molar-refractivity contribution in [1.82, 2.24) is 4.98 Å². The van der Waals surface area contributed by atoms with Gasteiger partial charge in [-0.25, -0.2) is 4.98 Å². The molecule has 0 fully saturated rings. The zero-order chi connectivity index (χ0) is 12.8. The zero-order valence-corrected chi connectivity index (χ0v) is 10.7. The molecule has 0 aliphatic carbocycles. The van der Waals surface area contributed by atoms with Gasteiger partial charge in [0, 0.05) is 19.6 Å². The first-order valence-corrected chi connectivity index (χ1v) is 5.87. The minimum atomic E-state index is 0.226. The molecule has 0 bridgehead atoms. The van der Waals surface area contributed by atoms with Gasteiger partial charge in [-0.2, -0.15) is 5.26 Å². The maximum absolute atomic E-state index is 8.66. The Labute approximate surface area is 103 Å². The molecule has 1 aromatic rings. The molecule has 0 aliphatic heterocycles. The zero-order valence-electron chi connectivity index (χ0n) is 10.7. The summed E-state index contributed by atoms with van der Waals surface area (Å²) in [5.74, 6) is 0.502. The monoisotopic (exact) mass is 232 g/mol. The molecule has 0 aliphatic rings. The van der Waals surface area contributed by atoms with Crippen LogP contribution in [0.15, 0.2) is 18.3 Å². The number of hydrogen-bond donors (Lipinski definition) is 1. The SMILES string of the molecule is CC(C)C(N)CCN(C)c1ccc(C#N)nc1. The highest BCUT2D eigenvalue weighted by Crippen LogP contribution is 2.12. The minimum Gasteiger partial charge on any atom is -0.373 e. The lowest BCUT2D eigenvalue weighted by molar-refractivity contribution is 0.466. The van der Waals surface area contributed by atoms with E-state index in [0.717, 1.165) is 18.7 Å². The third kappa shape index (κ3) is 4.04. The van der Waals surface area contributed by atoms with Gasteiger partial charge in [-0.15, -0.1) is 0 Å². The maximum atomic E-state index is 8.66. The van der Waals surface area contributed by atoms with E-state index in [1.165, 1.54) is 0 Å². The summed E-state index contributed by atoms with van der Waals surface area (Å²) in [5.41, 5.74) is 7.46. The van der Waals surface area contributed by atoms with Gasteiger partial charge in [-0.3, -0.25) is 0 Å². The molecule has 1 aromatic heterocycles. The second kappa shape index (κ2) is 6.21. The first-order chi connectivity index (χ1) is 8.04. The molecule has 1 rings (SSSR count). The third-order valence-corrected chi connectivity index (χ3v) is 2.96. The Bertz CT molecular complexity index is 377. The highest BCUT2D eigenvalue weighted by Gasteiger charge is 2.09. The van der Waals surface area contributed by atoms with E-state index in [0.29, 0.717) is 11.6 Å². The van der Waals surface area contributed by atoms with Gasteiger partial charge >= 0.3 is 0 Å². The summed E-state index contributed by atoms with van der Waals surface area (Å²) >= 11 is 0. The molecule has 1 atom stereocenters. The van der Waals surface area contributed by atoms with Crippen molar-refractivity contribution in [2.45, 2.75) is 26.3 Å². The van der Waals surface area contributed by atoms with Crippen molar-refractivity contribution in [3.63, 3.8) is 0 Å². The topological polar surface area (TPSA) is 65.9 Å². The van der Waals surface area contributed by atoms with Crippen molar-refractivity contribution in [1.29, 1.82) is 5.26 Å². The van der Waals surface area contributed by atoms with Gasteiger partial charge in [0.1, 0.15) is 11.8 Å². The number of hydrogen-bond acceptors (Lipinski definition) is 4. The Morgan fingerprint density at radius 1 is 1.47 bits per heavy atom. The van der Waals surface area contributed by atoms with E-state index in [4.69, 9.17) is 11.0 Å². The molecule has 92 valence electrons. The Balaban J connectivity index is 2.52. The molecule has 4 heteroatoms. The summed E-state index contributed by atoms with van der Waals surface area (Å²) in [5, 5.41) is 8.66. The van der Waals surface area contributed by atoms with Crippen LogP contribution in [0.1, 0.15) is 26.0 Å². The molecule has 2 N–H and O–H groups in total. The molecule has 0 aromatic carbocycles. The normalized spacial score (nSPS) is 12.2. The van der Waals surface area contributed by atoms with Crippen molar-refractivity contribution >= 4 is 5.69 Å². The van der Waals surface area contributed by atoms with E-state index in [9.17, 15) is 0 Å². The van der Waals surface area contributed by atoms with Gasteiger partial charge in [-0.05, 0) is 24.5 Å². The number of nitriles is 1. The molecule has 0 radical (unpaired) electrons. The van der Waals surface area contributed by atoms with Crippen molar-refractivity contribution in [2.75, 3.05) is 18.5 Å². The van der Waals surface area contributed by atoms with Gasteiger partial charge in [0.15, 0.2) is 0 Å². The molecular formula is C13H20N4. The summed E-state index contributed by atoms with van der Waals surface area (Å²) in [4.78, 5) is 6.15. The molecule has 0 saturated carbocycles. The van der Waals surface area contributed by atoms with E-state index in [-0.39, 0.29) is 6.04 Å². The van der Waals surface area contributed by atoms with Crippen LogP contribution in [0.2, 0.25) is 0 Å². The van der Waals surface area contributed by atoms with E-state index in [2.05, 4.69) is 23.7 Å². The van der Waals surface area contributed by atoms with Crippen LogP contribution >= 0.6 is 0 Å². The molecule has 0 spiro atoms. The fourth-order valence-corrected chi connectivity index (χ4v) is 1.48. The number of aromatic nitrogens is 1. The van der Waals surface area contributed by atoms with Crippen LogP contribution in [0.25, 0.3) is 0 Å². The van der Waals surface area contributed by atoms with E-state index >= 15 is 0 Å². The Morgan fingerprint density at radius 2 is 2.18 bits per heavy atom. The van der Waals surface area contributed by atoms with Gasteiger partial charge in [-0.1, -0.05) is 13.8 Å². The van der Waals surface area contributed by atoms with Crippen molar-refractivity contribution in [3.8, 4) is 6.07 Å². The largest absolute Gasteiger partial charge is 0.373 e. The smallest absolute Gasteiger partial charge is 0.140 e. The van der Waals surface area contributed by atoms with Crippen LogP contribution in [0, 0.1) is 17.2 Å². The maximum Gasteiger partial charge on any atom is 0.140 e. The lowest BCUT2D eigenvalue weighted by Gasteiger charge is -2.22. The number of nitrogens with two attached hydrogens (primary N) is 1. The second-order valence-electron chi connectivity index (χ2n) is 4.63. The molecule has 0 saturated heterocycles. The van der Waals surface area contributed by atoms with E-state index in [1.54, 1.807) is 12.3 Å². The van der Waals surface area contributed by atoms with Crippen LogP contribution in [0.3, 0.4) is 0 Å². The number of nitrogens with zero attached hydrogens (tertiary/aromatic N) is 3. The quantitative estimate of drug-likeness (QED) is 0.840. The molecular weight excluding hydrogens is 212 g/mol. The first-order valence-electron chi connectivity index (χ1n) is 5.87. The first kappa shape index (κ1) is 13.5. The predicted octanol–water partition coefficient (Wildman–Crippen LogP) is 1.76. The van der Waals surface area contributed by atoms with E-state index < -0.39 is 0 Å². The summed E-state index contributed by atoms with van der Waals surface area (Å²) in [6.07, 6.45) is 2.67. The molecule has 1 unspecified atom stereocenters. The van der Waals surface area contributed by atoms with Gasteiger partial charge < -0.3 is 10.6 Å². The fourth-order valence-electron chi connectivity index (χ4n) is 1.48. The summed E-state index contributed by atoms with van der Waals surface area (Å²) in [6.45, 7) is 5.16. The standard InChI is InChI=1S/C13H20N4/c1-10(2)13(15)6-7-17(3)12-5-4-11(8-14)16-9-12/h4-5,9-10,13H,6-7,15H2,1-3H3. The van der Waals surface area contributed by atoms with Gasteiger partial charge in [0.05, 0.1) is 11.9 Å². The average molecular weight is 232 g/mol. The fraction of sp³-hybridized carbons (Fsp3) is 0.538. The molecule has 1 heterocycles. The van der Waals surface area contributed by atoms with Crippen molar-refractivity contribution in [3.05, 3.63) is 24.0 Å². The summed E-state index contributed by atoms with van der Waals surface area (Å²) < 4.78 is 0. The highest BCUT2D eigenvalue weighted by molar-refractivity contribution is 5.44. The Hall–Kier alpha value is -1.60. The minimum absolute atomic E-state index is 0.226. The van der Waals surface area contributed by atoms with Crippen LogP contribution in [-0.4, -0.2) is 24.6 Å². The lowest BCUT2D eigenvalue weighted by atomic mass is 10.0. The average Bonchev–Trinajstić information content (AvgIpc) is 2.35. The molecule has 4 nitrogen and oxygen atoms in total. The summed E-state index contributed by atoms with van der Waals surface area (Å²) in [6, 6.07) is 5.87. The highest BCUT2D eigenvalue weighted by atomic mass is 15.1. The molecule has 0 amide bonds. The Kier molecular flexibility index (Phi) is 4.92. The van der Waals surface area contributed by atoms with Crippen LogP contribution in [0.4, 0.5) is 5.69 Å². The van der Waals surface area contributed by atoms with Crippen molar-refractivity contribution < 1.29 is 0 Å². The molecule has 17 heavy (non-hydrogen) atoms. The third-order valence-electron chi connectivity index (χ3n) is 2.96. The van der Waals surface area contributed by atoms with Crippen LogP contribution in [-0.2, 0) is 0 Å². The summed E-state index contributed by atoms with van der Waals surface area (Å²) in [7, 11) is 2.01. The van der Waals surface area contributed by atoms with Crippen LogP contribution in [0.5, 0.6) is 0 Å². The van der Waals surface area contributed by atoms with E-state index in [1.807, 2.05) is 19.2 Å². The predicted molar refractivity (Wildman–Crippen MR) is 69.7 cm³/mol. The number of rotatable bonds is 5. The van der Waals surface area contributed by atoms with Crippen molar-refractivity contribution in [2.24, 2.45) is 11.7 Å². The van der Waals surface area contributed by atoms with Gasteiger partial charge in [0.2, 0.25) is 0 Å². The number of anilines is 1. The lowest BCUT2D eigenvalue weighted by Crippen LogP contribution is -2.31. The Morgan fingerprint density at radius 3 is 2.65 bits per heavy atom. The number of pyridine rings is 1. The van der Waals surface area contributed by atoms with Crippen LogP contribution < -0.4 is 10.6 Å². The van der Waals surface area contributed by atoms with Gasteiger partial charge in [0.25, 0.3) is 0 Å². The second-order valence-corrected chi connectivity index (χ2v) is 4.63.